The molecule has 1 nitrogen and oxygen atoms in total. The van der Waals surface area contributed by atoms with Crippen molar-refractivity contribution in [3.8, 4) is 33.4 Å². The number of rotatable bonds is 2. The molecule has 1 aliphatic carbocycles. The highest BCUT2D eigenvalue weighted by atomic mass is 16.3. The summed E-state index contributed by atoms with van der Waals surface area (Å²) in [6, 6.07) is 54.0. The molecule has 1 aromatic heterocycles. The third-order valence-corrected chi connectivity index (χ3v) is 11.2. The molecule has 0 N–H and O–H groups in total. The van der Waals surface area contributed by atoms with Gasteiger partial charge in [0.2, 0.25) is 0 Å². The number of hydrogen-bond acceptors (Lipinski definition) is 1. The third-order valence-electron chi connectivity index (χ3n) is 11.2. The van der Waals surface area contributed by atoms with Crippen LogP contribution in [0.1, 0.15) is 25.0 Å². The lowest BCUT2D eigenvalue weighted by Crippen LogP contribution is -2.14. The van der Waals surface area contributed by atoms with E-state index < -0.39 is 0 Å². The van der Waals surface area contributed by atoms with Crippen molar-refractivity contribution in [2.75, 3.05) is 0 Å². The molecule has 1 aliphatic rings. The molecule has 0 spiro atoms. The van der Waals surface area contributed by atoms with Gasteiger partial charge in [0.25, 0.3) is 0 Å². The molecule has 0 saturated carbocycles. The van der Waals surface area contributed by atoms with E-state index in [4.69, 9.17) is 4.42 Å². The van der Waals surface area contributed by atoms with E-state index in [0.717, 1.165) is 11.2 Å². The maximum absolute atomic E-state index is 6.37. The van der Waals surface area contributed by atoms with Gasteiger partial charge < -0.3 is 4.42 Å². The van der Waals surface area contributed by atoms with Gasteiger partial charge in [-0.2, -0.15) is 0 Å². The third kappa shape index (κ3) is 3.26. The normalized spacial score (nSPS) is 13.8. The van der Waals surface area contributed by atoms with E-state index in [9.17, 15) is 0 Å². The molecule has 1 heteroatoms. The zero-order valence-electron chi connectivity index (χ0n) is 26.8. The van der Waals surface area contributed by atoms with Crippen molar-refractivity contribution in [2.24, 2.45) is 0 Å². The quantitative estimate of drug-likeness (QED) is 0.140. The molecule has 0 fully saturated rings. The summed E-state index contributed by atoms with van der Waals surface area (Å²) in [5.74, 6) is 0. The monoisotopic (exact) mass is 610 g/mol. The van der Waals surface area contributed by atoms with Crippen molar-refractivity contribution in [1.82, 2.24) is 0 Å². The van der Waals surface area contributed by atoms with Crippen LogP contribution >= 0.6 is 0 Å². The van der Waals surface area contributed by atoms with Crippen molar-refractivity contribution in [3.05, 3.63) is 157 Å². The molecule has 0 aliphatic heterocycles. The average Bonchev–Trinajstić information content (AvgIpc) is 3.62. The molecule has 10 aromatic rings. The fourth-order valence-corrected chi connectivity index (χ4v) is 9.07. The molecule has 9 aromatic carbocycles. The summed E-state index contributed by atoms with van der Waals surface area (Å²) in [6.07, 6.45) is 0. The Hall–Kier alpha value is -5.92. The first-order valence-corrected chi connectivity index (χ1v) is 16.9. The second-order valence-electron chi connectivity index (χ2n) is 14.0. The highest BCUT2D eigenvalue weighted by molar-refractivity contribution is 6.30. The summed E-state index contributed by atoms with van der Waals surface area (Å²) in [4.78, 5) is 0. The van der Waals surface area contributed by atoms with E-state index in [2.05, 4.69) is 159 Å². The van der Waals surface area contributed by atoms with Gasteiger partial charge in [0.1, 0.15) is 11.2 Å². The minimum absolute atomic E-state index is 0.106. The second kappa shape index (κ2) is 9.12. The second-order valence-corrected chi connectivity index (χ2v) is 14.0. The minimum atomic E-state index is -0.106. The van der Waals surface area contributed by atoms with Crippen molar-refractivity contribution in [3.63, 3.8) is 0 Å². The molecular formula is C47H30O. The predicted molar refractivity (Wildman–Crippen MR) is 203 cm³/mol. The van der Waals surface area contributed by atoms with E-state index >= 15 is 0 Å². The van der Waals surface area contributed by atoms with Crippen LogP contribution in [-0.2, 0) is 5.41 Å². The van der Waals surface area contributed by atoms with Crippen LogP contribution in [-0.4, -0.2) is 0 Å². The highest BCUT2D eigenvalue weighted by Gasteiger charge is 2.37. The average molecular weight is 611 g/mol. The van der Waals surface area contributed by atoms with Crippen LogP contribution < -0.4 is 0 Å². The van der Waals surface area contributed by atoms with Crippen molar-refractivity contribution >= 4 is 65.0 Å². The van der Waals surface area contributed by atoms with Crippen LogP contribution in [0.4, 0.5) is 0 Å². The lowest BCUT2D eigenvalue weighted by Gasteiger charge is -2.23. The summed E-state index contributed by atoms with van der Waals surface area (Å²) < 4.78 is 6.37. The maximum Gasteiger partial charge on any atom is 0.136 e. The Morgan fingerprint density at radius 1 is 0.375 bits per heavy atom. The summed E-state index contributed by atoms with van der Waals surface area (Å²) in [5, 5.41) is 12.5. The summed E-state index contributed by atoms with van der Waals surface area (Å²) >= 11 is 0. The molecule has 0 unspecified atom stereocenters. The fourth-order valence-electron chi connectivity index (χ4n) is 9.07. The Kier molecular flexibility index (Phi) is 4.97. The van der Waals surface area contributed by atoms with Crippen LogP contribution in [0.5, 0.6) is 0 Å². The smallest absolute Gasteiger partial charge is 0.136 e. The summed E-state index contributed by atoms with van der Waals surface area (Å²) in [7, 11) is 0. The van der Waals surface area contributed by atoms with Gasteiger partial charge in [-0.3, -0.25) is 0 Å². The van der Waals surface area contributed by atoms with Gasteiger partial charge in [-0.25, -0.2) is 0 Å². The van der Waals surface area contributed by atoms with Gasteiger partial charge in [0.05, 0.1) is 0 Å². The van der Waals surface area contributed by atoms with Gasteiger partial charge in [0, 0.05) is 16.2 Å². The van der Waals surface area contributed by atoms with E-state index in [0.29, 0.717) is 0 Å². The summed E-state index contributed by atoms with van der Waals surface area (Å²) in [6.45, 7) is 4.77. The molecular weight excluding hydrogens is 581 g/mol. The van der Waals surface area contributed by atoms with E-state index in [1.54, 1.807) is 0 Å². The topological polar surface area (TPSA) is 13.1 Å². The van der Waals surface area contributed by atoms with Gasteiger partial charge in [0.15, 0.2) is 0 Å². The highest BCUT2D eigenvalue weighted by Crippen LogP contribution is 2.56. The molecule has 48 heavy (non-hydrogen) atoms. The first kappa shape index (κ1) is 26.2. The molecule has 1 heterocycles. The Morgan fingerprint density at radius 2 is 0.896 bits per heavy atom. The van der Waals surface area contributed by atoms with Crippen molar-refractivity contribution in [2.45, 2.75) is 19.3 Å². The molecule has 11 rings (SSSR count). The summed E-state index contributed by atoms with van der Waals surface area (Å²) in [5.41, 5.74) is 12.4. The van der Waals surface area contributed by atoms with Gasteiger partial charge in [-0.1, -0.05) is 129 Å². The molecule has 224 valence electrons. The van der Waals surface area contributed by atoms with Crippen LogP contribution in [0.15, 0.2) is 150 Å². The Bertz CT molecular complexity index is 2910. The molecule has 0 saturated heterocycles. The minimum Gasteiger partial charge on any atom is -0.456 e. The zero-order valence-corrected chi connectivity index (χ0v) is 26.8. The predicted octanol–water partition coefficient (Wildman–Crippen LogP) is 13.3. The molecule has 0 radical (unpaired) electrons. The molecule has 0 bridgehead atoms. The standard InChI is InChI=1S/C47H30O/c1-47(2)38-21-10-20-35(45(38)37-24-27-12-3-4-13-28(27)26-39(37)47)43-30-15-5-7-17-32(30)44(33-18-8-6-16-31(33)43)36-25-29-14-9-22-40-42(29)46-34(36)19-11-23-41(46)48-40/h3-26H,1-2H3. The SMILES string of the molecule is CC1(C)c2cc3ccccc3cc2-c2c(-c3c4ccccc4c(-c4cc5cccc6oc7cccc4c7c56)c4ccccc34)cccc21. The van der Waals surface area contributed by atoms with E-state index in [1.807, 2.05) is 0 Å². The van der Waals surface area contributed by atoms with Crippen molar-refractivity contribution in [1.29, 1.82) is 0 Å². The lowest BCUT2D eigenvalue weighted by atomic mass is 9.80. The Morgan fingerprint density at radius 3 is 1.60 bits per heavy atom. The lowest BCUT2D eigenvalue weighted by molar-refractivity contribution is 0.661. The molecule has 0 amide bonds. The number of hydrogen-bond donors (Lipinski definition) is 0. The van der Waals surface area contributed by atoms with Crippen LogP contribution in [0, 0.1) is 0 Å². The van der Waals surface area contributed by atoms with Crippen molar-refractivity contribution < 1.29 is 4.42 Å². The van der Waals surface area contributed by atoms with Crippen LogP contribution in [0.2, 0.25) is 0 Å². The number of fused-ring (bicyclic) bond motifs is 6. The Labute approximate surface area is 278 Å². The van der Waals surface area contributed by atoms with Gasteiger partial charge in [-0.05, 0) is 118 Å². The number of furan rings is 1. The largest absolute Gasteiger partial charge is 0.456 e. The van der Waals surface area contributed by atoms with Gasteiger partial charge in [-0.15, -0.1) is 0 Å². The molecule has 0 atom stereocenters. The maximum atomic E-state index is 6.37. The van der Waals surface area contributed by atoms with E-state index in [1.165, 1.54) is 98.4 Å². The first-order valence-electron chi connectivity index (χ1n) is 16.9. The fraction of sp³-hybridized carbons (Fsp3) is 0.0638. The van der Waals surface area contributed by atoms with Crippen LogP contribution in [0.25, 0.3) is 98.4 Å². The Balaban J connectivity index is 1.29. The first-order chi connectivity index (χ1) is 23.6. The van der Waals surface area contributed by atoms with E-state index in [-0.39, 0.29) is 5.41 Å². The van der Waals surface area contributed by atoms with Crippen LogP contribution in [0.3, 0.4) is 0 Å². The zero-order chi connectivity index (χ0) is 31.7. The number of benzene rings is 9. The van der Waals surface area contributed by atoms with Gasteiger partial charge >= 0.3 is 0 Å².